The summed E-state index contributed by atoms with van der Waals surface area (Å²) in [5, 5.41) is 5.84. The summed E-state index contributed by atoms with van der Waals surface area (Å²) < 4.78 is 5.15. The van der Waals surface area contributed by atoms with E-state index in [-0.39, 0.29) is 11.9 Å². The molecule has 0 aromatic heterocycles. The van der Waals surface area contributed by atoms with Crippen molar-refractivity contribution in [2.45, 2.75) is 19.5 Å². The number of urea groups is 1. The van der Waals surface area contributed by atoms with Gasteiger partial charge >= 0.3 is 6.03 Å². The summed E-state index contributed by atoms with van der Waals surface area (Å²) in [6.45, 7) is 1.58. The van der Waals surface area contributed by atoms with Crippen molar-refractivity contribution in [1.29, 1.82) is 0 Å². The van der Waals surface area contributed by atoms with Crippen LogP contribution in [0.25, 0.3) is 0 Å². The van der Waals surface area contributed by atoms with Crippen molar-refractivity contribution in [3.05, 3.63) is 95.1 Å². The summed E-state index contributed by atoms with van der Waals surface area (Å²) in [5.41, 5.74) is 4.39. The first-order valence-corrected chi connectivity index (χ1v) is 10.3. The smallest absolute Gasteiger partial charge is 0.322 e. The van der Waals surface area contributed by atoms with Crippen LogP contribution in [0.1, 0.15) is 27.0 Å². The predicted octanol–water partition coefficient (Wildman–Crippen LogP) is 4.22. The SMILES string of the molecule is COc1ccc(CNC(=O)c2ccc3c(c2)NC(=O)N(CCc2ccccc2)C3)cc1. The van der Waals surface area contributed by atoms with Crippen molar-refractivity contribution in [2.24, 2.45) is 0 Å². The van der Waals surface area contributed by atoms with Gasteiger partial charge in [0.05, 0.1) is 7.11 Å². The number of anilines is 1. The average molecular weight is 415 g/mol. The van der Waals surface area contributed by atoms with Crippen LogP contribution in [0.15, 0.2) is 72.8 Å². The normalized spacial score (nSPS) is 12.7. The molecule has 0 spiro atoms. The molecule has 3 aromatic rings. The van der Waals surface area contributed by atoms with Gasteiger partial charge in [0, 0.05) is 30.9 Å². The molecule has 6 heteroatoms. The fraction of sp³-hybridized carbons (Fsp3) is 0.200. The van der Waals surface area contributed by atoms with Crippen LogP contribution in [0.4, 0.5) is 10.5 Å². The topological polar surface area (TPSA) is 70.7 Å². The first-order valence-electron chi connectivity index (χ1n) is 10.3. The zero-order valence-corrected chi connectivity index (χ0v) is 17.4. The third-order valence-electron chi connectivity index (χ3n) is 5.39. The Balaban J connectivity index is 1.36. The number of methoxy groups -OCH3 is 1. The first-order chi connectivity index (χ1) is 15.1. The average Bonchev–Trinajstić information content (AvgIpc) is 2.81. The van der Waals surface area contributed by atoms with Gasteiger partial charge in [-0.25, -0.2) is 4.79 Å². The van der Waals surface area contributed by atoms with Crippen LogP contribution in [0, 0.1) is 0 Å². The van der Waals surface area contributed by atoms with Crippen LogP contribution in [-0.2, 0) is 19.5 Å². The molecule has 3 amide bonds. The number of hydrogen-bond acceptors (Lipinski definition) is 3. The summed E-state index contributed by atoms with van der Waals surface area (Å²) in [7, 11) is 1.62. The number of amides is 3. The van der Waals surface area contributed by atoms with Crippen molar-refractivity contribution in [2.75, 3.05) is 19.0 Å². The third kappa shape index (κ3) is 5.04. The Morgan fingerprint density at radius 2 is 1.81 bits per heavy atom. The number of rotatable bonds is 7. The van der Waals surface area contributed by atoms with Crippen molar-refractivity contribution in [3.8, 4) is 5.75 Å². The van der Waals surface area contributed by atoms with Gasteiger partial charge in [0.2, 0.25) is 0 Å². The highest BCUT2D eigenvalue weighted by atomic mass is 16.5. The second-order valence-electron chi connectivity index (χ2n) is 7.49. The van der Waals surface area contributed by atoms with Crippen LogP contribution in [0.3, 0.4) is 0 Å². The molecule has 31 heavy (non-hydrogen) atoms. The predicted molar refractivity (Wildman–Crippen MR) is 120 cm³/mol. The van der Waals surface area contributed by atoms with Crippen LogP contribution in [0.5, 0.6) is 5.75 Å². The minimum absolute atomic E-state index is 0.140. The minimum Gasteiger partial charge on any atom is -0.497 e. The summed E-state index contributed by atoms with van der Waals surface area (Å²) >= 11 is 0. The molecule has 2 N–H and O–H groups in total. The van der Waals surface area contributed by atoms with E-state index >= 15 is 0 Å². The second-order valence-corrected chi connectivity index (χ2v) is 7.49. The van der Waals surface area contributed by atoms with E-state index in [9.17, 15) is 9.59 Å². The molecule has 0 saturated carbocycles. The molecular formula is C25H25N3O3. The van der Waals surface area contributed by atoms with E-state index in [0.717, 1.165) is 23.3 Å². The highest BCUT2D eigenvalue weighted by Crippen LogP contribution is 2.25. The largest absolute Gasteiger partial charge is 0.497 e. The highest BCUT2D eigenvalue weighted by molar-refractivity contribution is 5.98. The van der Waals surface area contributed by atoms with Crippen molar-refractivity contribution >= 4 is 17.6 Å². The number of benzene rings is 3. The van der Waals surface area contributed by atoms with E-state index < -0.39 is 0 Å². The molecule has 4 rings (SSSR count). The Kier molecular flexibility index (Phi) is 6.17. The number of nitrogens with one attached hydrogen (secondary N) is 2. The Bertz CT molecular complexity index is 1070. The van der Waals surface area contributed by atoms with E-state index in [4.69, 9.17) is 4.74 Å². The van der Waals surface area contributed by atoms with Gasteiger partial charge in [-0.3, -0.25) is 4.79 Å². The Labute approximate surface area is 181 Å². The van der Waals surface area contributed by atoms with E-state index in [1.165, 1.54) is 5.56 Å². The molecule has 1 aliphatic rings. The molecule has 0 unspecified atom stereocenters. The zero-order chi connectivity index (χ0) is 21.6. The van der Waals surface area contributed by atoms with Crippen molar-refractivity contribution in [3.63, 3.8) is 0 Å². The van der Waals surface area contributed by atoms with Gasteiger partial charge in [0.1, 0.15) is 5.75 Å². The van der Waals surface area contributed by atoms with Gasteiger partial charge in [-0.1, -0.05) is 48.5 Å². The lowest BCUT2D eigenvalue weighted by molar-refractivity contribution is 0.0951. The minimum atomic E-state index is -0.181. The molecule has 3 aromatic carbocycles. The van der Waals surface area contributed by atoms with Crippen LogP contribution in [0.2, 0.25) is 0 Å². The molecule has 0 bridgehead atoms. The van der Waals surface area contributed by atoms with E-state index in [1.807, 2.05) is 48.5 Å². The lowest BCUT2D eigenvalue weighted by Crippen LogP contribution is -2.40. The van der Waals surface area contributed by atoms with Crippen LogP contribution < -0.4 is 15.4 Å². The molecular weight excluding hydrogens is 390 g/mol. The monoisotopic (exact) mass is 415 g/mol. The van der Waals surface area contributed by atoms with Gasteiger partial charge in [-0.15, -0.1) is 0 Å². The van der Waals surface area contributed by atoms with E-state index in [1.54, 1.807) is 24.1 Å². The maximum absolute atomic E-state index is 12.6. The number of fused-ring (bicyclic) bond motifs is 1. The van der Waals surface area contributed by atoms with Crippen LogP contribution >= 0.6 is 0 Å². The quantitative estimate of drug-likeness (QED) is 0.607. The Morgan fingerprint density at radius 1 is 1.03 bits per heavy atom. The van der Waals surface area contributed by atoms with Gasteiger partial charge in [0.25, 0.3) is 5.91 Å². The first kappa shape index (κ1) is 20.5. The summed E-state index contributed by atoms with van der Waals surface area (Å²) in [4.78, 5) is 26.9. The molecule has 0 fully saturated rings. The fourth-order valence-electron chi connectivity index (χ4n) is 3.56. The van der Waals surface area contributed by atoms with E-state index in [0.29, 0.717) is 30.9 Å². The lowest BCUT2D eigenvalue weighted by Gasteiger charge is -2.29. The Morgan fingerprint density at radius 3 is 2.55 bits per heavy atom. The fourth-order valence-corrected chi connectivity index (χ4v) is 3.56. The number of ether oxygens (including phenoxy) is 1. The Hall–Kier alpha value is -3.80. The van der Waals surface area contributed by atoms with Gasteiger partial charge in [-0.05, 0) is 47.4 Å². The maximum Gasteiger partial charge on any atom is 0.322 e. The molecule has 0 atom stereocenters. The zero-order valence-electron chi connectivity index (χ0n) is 17.4. The molecule has 1 aliphatic heterocycles. The van der Waals surface area contributed by atoms with E-state index in [2.05, 4.69) is 22.8 Å². The maximum atomic E-state index is 12.6. The van der Waals surface area contributed by atoms with Gasteiger partial charge < -0.3 is 20.3 Å². The molecule has 6 nitrogen and oxygen atoms in total. The summed E-state index contributed by atoms with van der Waals surface area (Å²) in [5.74, 6) is 0.595. The third-order valence-corrected chi connectivity index (χ3v) is 5.39. The number of carbonyl (C=O) groups is 2. The van der Waals surface area contributed by atoms with Crippen LogP contribution in [-0.4, -0.2) is 30.5 Å². The highest BCUT2D eigenvalue weighted by Gasteiger charge is 2.23. The molecule has 0 saturated heterocycles. The standard InChI is InChI=1S/C25H25N3O3/c1-31-22-11-7-19(8-12-22)16-26-24(29)20-9-10-21-17-28(25(30)27-23(21)15-20)14-13-18-5-3-2-4-6-18/h2-12,15H,13-14,16-17H2,1H3,(H,26,29)(H,27,30). The lowest BCUT2D eigenvalue weighted by atomic mass is 10.1. The molecule has 0 radical (unpaired) electrons. The number of hydrogen-bond donors (Lipinski definition) is 2. The number of carbonyl (C=O) groups excluding carboxylic acids is 2. The second kappa shape index (κ2) is 9.34. The number of nitrogens with zero attached hydrogens (tertiary/aromatic N) is 1. The van der Waals surface area contributed by atoms with Crippen molar-refractivity contribution in [1.82, 2.24) is 10.2 Å². The summed E-state index contributed by atoms with van der Waals surface area (Å²) in [6, 6.07) is 23.0. The summed E-state index contributed by atoms with van der Waals surface area (Å²) in [6.07, 6.45) is 0.801. The molecule has 1 heterocycles. The molecule has 158 valence electrons. The van der Waals surface area contributed by atoms with Gasteiger partial charge in [0.15, 0.2) is 0 Å². The molecule has 0 aliphatic carbocycles. The van der Waals surface area contributed by atoms with Crippen molar-refractivity contribution < 1.29 is 14.3 Å². The van der Waals surface area contributed by atoms with Gasteiger partial charge in [-0.2, -0.15) is 0 Å².